The van der Waals surface area contributed by atoms with Gasteiger partial charge < -0.3 is 41.8 Å². The zero-order chi connectivity index (χ0) is 64.5. The molecule has 1 atom stereocenters. The van der Waals surface area contributed by atoms with Crippen molar-refractivity contribution in [2.75, 3.05) is 6.23 Å². The van der Waals surface area contributed by atoms with Crippen LogP contribution in [-0.2, 0) is 41.8 Å². The highest BCUT2D eigenvalue weighted by atomic mass is 28.5. The van der Waals surface area contributed by atoms with Crippen LogP contribution in [0.4, 0.5) is 0 Å². The second kappa shape index (κ2) is 36.8. The second-order valence-electron chi connectivity index (χ2n) is 27.9. The second-order valence-corrected chi connectivity index (χ2v) is 80.4. The van der Waals surface area contributed by atoms with Gasteiger partial charge in [-0.1, -0.05) is 88.7 Å². The molecule has 79 heavy (non-hydrogen) atoms. The summed E-state index contributed by atoms with van der Waals surface area (Å²) in [7, 11) is -24.7. The molecule has 0 bridgehead atoms. The molecule has 23 heteroatoms. The van der Waals surface area contributed by atoms with Crippen molar-refractivity contribution in [1.82, 2.24) is 0 Å². The predicted molar refractivity (Wildman–Crippen MR) is 387 cm³/mol. The summed E-state index contributed by atoms with van der Waals surface area (Å²) in [6.07, 6.45) is 7.70. The van der Waals surface area contributed by atoms with Crippen molar-refractivity contribution in [3.05, 3.63) is 72.6 Å². The molecule has 10 nitrogen and oxygen atoms in total. The Morgan fingerprint density at radius 1 is 0.291 bits per heavy atom. The Kier molecular flexibility index (Phi) is 41.2. The van der Waals surface area contributed by atoms with Crippen LogP contribution in [0.1, 0.15) is 93.4 Å². The Bertz CT molecular complexity index is 1670. The molecule has 0 aromatic carbocycles. The Morgan fingerprint density at radius 3 is 0.722 bits per heavy atom. The largest absolute Gasteiger partial charge is 0.497 e. The van der Waals surface area contributed by atoms with Crippen LogP contribution in [-0.4, -0.2) is 116 Å². The first-order valence-corrected chi connectivity index (χ1v) is 68.2. The van der Waals surface area contributed by atoms with Gasteiger partial charge in [-0.05, 0) is 215 Å². The highest BCUT2D eigenvalue weighted by molar-refractivity contribution is 6.93. The van der Waals surface area contributed by atoms with Gasteiger partial charge in [0.1, 0.15) is 6.23 Å². The Hall–Kier alpha value is 0.699. The minimum Gasteiger partial charge on any atom is -0.497 e. The van der Waals surface area contributed by atoms with Gasteiger partial charge >= 0.3 is 42.8 Å². The first kappa shape index (κ1) is 88.5. The van der Waals surface area contributed by atoms with Crippen molar-refractivity contribution in [3.63, 3.8) is 0 Å². The standard InChI is InChI=1S/C14H36O4Si4.2C14H32O2Si3.C12H32O2Si3.C2H4/c1-12-14(2)15-13-22(11,17-20(6,7)8)18-21(9,10)16-19(3,4)5;2*1-11-13(3)17(5,6)15-19(9,10)16-18(7,8)14(4)12-2;1-9-11-15(3,4)13-17(7,8)14-16(5,6)12-10-2;1-2/h2,12-13H2,1,3-11H3;2*3-4,11-12H2,1-2,5-10H3;9-12H2,1-8H3;1-2H2. The smallest absolute Gasteiger partial charge is 0.354 e. The van der Waals surface area contributed by atoms with E-state index in [2.05, 4.69) is 264 Å². The van der Waals surface area contributed by atoms with Gasteiger partial charge in [-0.15, -0.1) is 39.5 Å². The third-order valence-electron chi connectivity index (χ3n) is 12.3. The van der Waals surface area contributed by atoms with Crippen molar-refractivity contribution in [2.24, 2.45) is 0 Å². The van der Waals surface area contributed by atoms with E-state index in [4.69, 9.17) is 41.8 Å². The zero-order valence-corrected chi connectivity index (χ0v) is 72.1. The average Bonchev–Trinajstić information content (AvgIpc) is 3.21. The van der Waals surface area contributed by atoms with E-state index in [1.807, 2.05) is 6.92 Å². The van der Waals surface area contributed by atoms with Gasteiger partial charge in [0.15, 0.2) is 33.3 Å². The van der Waals surface area contributed by atoms with Crippen molar-refractivity contribution < 1.29 is 41.8 Å². The number of allylic oxidation sites excluding steroid dienone is 5. The van der Waals surface area contributed by atoms with Crippen LogP contribution in [0.5, 0.6) is 0 Å². The van der Waals surface area contributed by atoms with Gasteiger partial charge in [-0.25, -0.2) is 0 Å². The summed E-state index contributed by atoms with van der Waals surface area (Å²) < 4.78 is 63.8. The van der Waals surface area contributed by atoms with Gasteiger partial charge in [-0.2, -0.15) is 0 Å². The summed E-state index contributed by atoms with van der Waals surface area (Å²) in [6.45, 7) is 101. The summed E-state index contributed by atoms with van der Waals surface area (Å²) in [5.41, 5.74) is 0. The molecule has 0 rings (SSSR count). The first-order chi connectivity index (χ1) is 34.9. The molecule has 0 saturated carbocycles. The summed E-state index contributed by atoms with van der Waals surface area (Å²) in [6, 6.07) is 2.48. The average molecular weight is 1330 g/mol. The molecular formula is C56H136O10Si13. The van der Waals surface area contributed by atoms with Crippen LogP contribution in [0.2, 0.25) is 189 Å². The van der Waals surface area contributed by atoms with E-state index in [9.17, 15) is 0 Å². The van der Waals surface area contributed by atoms with Crippen LogP contribution in [0.3, 0.4) is 0 Å². The van der Waals surface area contributed by atoms with Gasteiger partial charge in [0.2, 0.25) is 33.3 Å². The highest BCUT2D eigenvalue weighted by Gasteiger charge is 2.47. The van der Waals surface area contributed by atoms with E-state index in [1.165, 1.54) is 45.7 Å². The lowest BCUT2D eigenvalue weighted by atomic mass is 10.4. The Labute approximate surface area is 508 Å². The predicted octanol–water partition coefficient (Wildman–Crippen LogP) is 21.0. The van der Waals surface area contributed by atoms with E-state index in [0.29, 0.717) is 6.23 Å². The summed E-state index contributed by atoms with van der Waals surface area (Å²) in [5, 5.41) is 5.02. The molecule has 0 fully saturated rings. The molecule has 0 N–H and O–H groups in total. The number of ether oxygens (including phenoxy) is 1. The van der Waals surface area contributed by atoms with Gasteiger partial charge in [0.05, 0.1) is 5.76 Å². The molecule has 0 amide bonds. The molecule has 0 aliphatic heterocycles. The molecule has 0 spiro atoms. The molecule has 0 aliphatic rings. The maximum Gasteiger partial charge on any atom is 0.354 e. The minimum absolute atomic E-state index is 0.482. The molecule has 0 aliphatic carbocycles. The van der Waals surface area contributed by atoms with Gasteiger partial charge in [-0.3, -0.25) is 0 Å². The molecule has 0 aromatic rings. The van der Waals surface area contributed by atoms with Gasteiger partial charge in [0.25, 0.3) is 0 Å². The topological polar surface area (TPSA) is 92.3 Å². The SMILES string of the molecule is C=C.C=C(CC)OC[Si](C)(O[Si](C)(C)C)O[Si](C)(C)O[Si](C)(C)C.C=C(CC)[Si](C)(C)O[Si](C)(C)O[Si](C)(C)C(=C)CC.C=C(CC)[Si](C)(C)O[Si](C)(C)O[Si](C)(C)C(=C)CC.CCC[Si](C)(C)O[Si](C)(C)O[Si](C)(C)CCC. The lowest BCUT2D eigenvalue weighted by Gasteiger charge is -2.41. The molecule has 0 aromatic heterocycles. The van der Waals surface area contributed by atoms with E-state index in [-0.39, 0.29) is 0 Å². The third-order valence-corrected chi connectivity index (χ3v) is 61.3. The Balaban J connectivity index is -0.000000306. The van der Waals surface area contributed by atoms with Crippen molar-refractivity contribution in [2.45, 2.75) is 282 Å². The zero-order valence-electron chi connectivity index (χ0n) is 59.1. The maximum absolute atomic E-state index is 6.51. The van der Waals surface area contributed by atoms with Crippen LogP contribution < -0.4 is 0 Å². The van der Waals surface area contributed by atoms with E-state index in [1.54, 1.807) is 0 Å². The summed E-state index contributed by atoms with van der Waals surface area (Å²) in [5.74, 6) is 0.784. The fourth-order valence-corrected chi connectivity index (χ4v) is 67.6. The highest BCUT2D eigenvalue weighted by Crippen LogP contribution is 2.31. The lowest BCUT2D eigenvalue weighted by molar-refractivity contribution is 0.206. The number of hydrogen-bond acceptors (Lipinski definition) is 10. The normalized spacial score (nSPS) is 14.1. The van der Waals surface area contributed by atoms with Crippen LogP contribution >= 0.6 is 0 Å². The lowest BCUT2D eigenvalue weighted by Crippen LogP contribution is -2.59. The molecule has 472 valence electrons. The summed E-state index contributed by atoms with van der Waals surface area (Å²) >= 11 is 0. The minimum atomic E-state index is -2.46. The van der Waals surface area contributed by atoms with Gasteiger partial charge in [0, 0.05) is 6.42 Å². The van der Waals surface area contributed by atoms with Crippen molar-refractivity contribution in [3.8, 4) is 0 Å². The number of hydrogen-bond donors (Lipinski definition) is 0. The maximum atomic E-state index is 6.51. The monoisotopic (exact) mass is 1330 g/mol. The van der Waals surface area contributed by atoms with E-state index in [0.717, 1.165) is 37.9 Å². The van der Waals surface area contributed by atoms with E-state index >= 15 is 0 Å². The van der Waals surface area contributed by atoms with Crippen LogP contribution in [0.15, 0.2) is 72.6 Å². The molecule has 1 unspecified atom stereocenters. The number of rotatable bonds is 34. The van der Waals surface area contributed by atoms with Crippen molar-refractivity contribution >= 4 is 109 Å². The molecule has 0 radical (unpaired) electrons. The van der Waals surface area contributed by atoms with Crippen molar-refractivity contribution in [1.29, 1.82) is 0 Å². The van der Waals surface area contributed by atoms with E-state index < -0.39 is 109 Å². The summed E-state index contributed by atoms with van der Waals surface area (Å²) in [4.78, 5) is 0. The third kappa shape index (κ3) is 43.9. The Morgan fingerprint density at radius 2 is 0.519 bits per heavy atom. The molecule has 0 heterocycles. The molecular weight excluding hydrogens is 1200 g/mol. The first-order valence-electron chi connectivity index (χ1n) is 29.7. The van der Waals surface area contributed by atoms with Crippen LogP contribution in [0.25, 0.3) is 0 Å². The van der Waals surface area contributed by atoms with Crippen LogP contribution in [0, 0.1) is 0 Å². The molecule has 0 saturated heterocycles. The quantitative estimate of drug-likeness (QED) is 0.0352. The fraction of sp³-hybridized carbons (Fsp3) is 0.786. The fourth-order valence-electron chi connectivity index (χ4n) is 9.49.